The predicted molar refractivity (Wildman–Crippen MR) is 68.9 cm³/mol. The van der Waals surface area contributed by atoms with Crippen LogP contribution in [0.1, 0.15) is 5.56 Å². The third kappa shape index (κ3) is 2.98. The van der Waals surface area contributed by atoms with E-state index in [9.17, 15) is 4.79 Å². The topological polar surface area (TPSA) is 50.4 Å². The zero-order valence-corrected chi connectivity index (χ0v) is 11.2. The minimum Gasteiger partial charge on any atom is -0.496 e. The fourth-order valence-electron chi connectivity index (χ4n) is 1.69. The summed E-state index contributed by atoms with van der Waals surface area (Å²) in [6.45, 7) is 2.06. The zero-order chi connectivity index (χ0) is 12.3. The summed E-state index contributed by atoms with van der Waals surface area (Å²) in [6.07, 6.45) is 0. The standard InChI is InChI=1S/C12H15BrN2O2/c1-17-11-3-2-10(13)4-8(11)7-15-12(16)9-5-14-6-9/h2-4,9,14H,5-7H2,1H3,(H,15,16). The van der Waals surface area contributed by atoms with Crippen LogP contribution in [0.25, 0.3) is 0 Å². The average Bonchev–Trinajstić information content (AvgIpc) is 2.24. The summed E-state index contributed by atoms with van der Waals surface area (Å²) in [5.74, 6) is 1.01. The summed E-state index contributed by atoms with van der Waals surface area (Å²) in [5.41, 5.74) is 0.975. The Balaban J connectivity index is 1.97. The van der Waals surface area contributed by atoms with Crippen molar-refractivity contribution in [2.24, 2.45) is 5.92 Å². The van der Waals surface area contributed by atoms with Crippen molar-refractivity contribution in [3.8, 4) is 5.75 Å². The molecule has 2 rings (SSSR count). The van der Waals surface area contributed by atoms with Gasteiger partial charge in [-0.05, 0) is 18.2 Å². The lowest BCUT2D eigenvalue weighted by Crippen LogP contribution is -2.50. The molecule has 5 heteroatoms. The number of benzene rings is 1. The maximum Gasteiger partial charge on any atom is 0.225 e. The van der Waals surface area contributed by atoms with E-state index in [1.165, 1.54) is 0 Å². The van der Waals surface area contributed by atoms with Crippen molar-refractivity contribution in [3.63, 3.8) is 0 Å². The van der Waals surface area contributed by atoms with Crippen molar-refractivity contribution < 1.29 is 9.53 Å². The molecule has 0 spiro atoms. The monoisotopic (exact) mass is 298 g/mol. The van der Waals surface area contributed by atoms with Gasteiger partial charge in [-0.1, -0.05) is 15.9 Å². The van der Waals surface area contributed by atoms with Gasteiger partial charge >= 0.3 is 0 Å². The Labute approximate surface area is 109 Å². The summed E-state index contributed by atoms with van der Waals surface area (Å²) >= 11 is 3.41. The minimum absolute atomic E-state index is 0.103. The van der Waals surface area contributed by atoms with Crippen LogP contribution in [0.4, 0.5) is 0 Å². The van der Waals surface area contributed by atoms with Gasteiger partial charge in [0.25, 0.3) is 0 Å². The molecule has 1 aliphatic heterocycles. The molecule has 0 aliphatic carbocycles. The second-order valence-corrected chi connectivity index (χ2v) is 4.94. The van der Waals surface area contributed by atoms with E-state index in [0.29, 0.717) is 6.54 Å². The number of hydrogen-bond acceptors (Lipinski definition) is 3. The highest BCUT2D eigenvalue weighted by Gasteiger charge is 2.24. The van der Waals surface area contributed by atoms with Gasteiger partial charge in [0.2, 0.25) is 5.91 Å². The molecule has 1 saturated heterocycles. The van der Waals surface area contributed by atoms with Gasteiger partial charge < -0.3 is 15.4 Å². The van der Waals surface area contributed by atoms with Crippen LogP contribution >= 0.6 is 15.9 Å². The molecule has 1 aromatic carbocycles. The molecule has 0 atom stereocenters. The smallest absolute Gasteiger partial charge is 0.225 e. The molecule has 1 aromatic rings. The van der Waals surface area contributed by atoms with Gasteiger partial charge in [0.05, 0.1) is 13.0 Å². The summed E-state index contributed by atoms with van der Waals surface area (Å²) in [7, 11) is 1.63. The molecule has 0 unspecified atom stereocenters. The molecule has 0 aromatic heterocycles. The number of nitrogens with one attached hydrogen (secondary N) is 2. The first-order chi connectivity index (χ1) is 8.20. The summed E-state index contributed by atoms with van der Waals surface area (Å²) in [5, 5.41) is 6.00. The Bertz CT molecular complexity index is 419. The van der Waals surface area contributed by atoms with Gasteiger partial charge in [-0.2, -0.15) is 0 Å². The van der Waals surface area contributed by atoms with Gasteiger partial charge in [0.15, 0.2) is 0 Å². The van der Waals surface area contributed by atoms with Gasteiger partial charge in [-0.25, -0.2) is 0 Å². The van der Waals surface area contributed by atoms with Crippen LogP contribution in [-0.4, -0.2) is 26.1 Å². The first kappa shape index (κ1) is 12.4. The highest BCUT2D eigenvalue weighted by Crippen LogP contribution is 2.22. The maximum absolute atomic E-state index is 11.7. The SMILES string of the molecule is COc1ccc(Br)cc1CNC(=O)C1CNC1. The summed E-state index contributed by atoms with van der Waals surface area (Å²) in [4.78, 5) is 11.7. The number of carbonyl (C=O) groups is 1. The second kappa shape index (κ2) is 5.51. The first-order valence-corrected chi connectivity index (χ1v) is 6.31. The Morgan fingerprint density at radius 2 is 2.35 bits per heavy atom. The normalized spacial score (nSPS) is 15.2. The number of amides is 1. The van der Waals surface area contributed by atoms with E-state index in [2.05, 4.69) is 26.6 Å². The third-order valence-corrected chi connectivity index (χ3v) is 3.34. The zero-order valence-electron chi connectivity index (χ0n) is 9.63. The van der Waals surface area contributed by atoms with Crippen molar-refractivity contribution in [1.82, 2.24) is 10.6 Å². The van der Waals surface area contributed by atoms with Gasteiger partial charge in [-0.3, -0.25) is 4.79 Å². The number of halogens is 1. The van der Waals surface area contributed by atoms with Crippen LogP contribution in [-0.2, 0) is 11.3 Å². The molecule has 0 saturated carbocycles. The molecule has 4 nitrogen and oxygen atoms in total. The van der Waals surface area contributed by atoms with Crippen LogP contribution in [0.5, 0.6) is 5.75 Å². The number of carbonyl (C=O) groups excluding carboxylic acids is 1. The van der Waals surface area contributed by atoms with Crippen molar-refractivity contribution in [2.75, 3.05) is 20.2 Å². The highest BCUT2D eigenvalue weighted by molar-refractivity contribution is 9.10. The Morgan fingerprint density at radius 3 is 2.94 bits per heavy atom. The van der Waals surface area contributed by atoms with E-state index in [-0.39, 0.29) is 11.8 Å². The number of hydrogen-bond donors (Lipinski definition) is 2. The Kier molecular flexibility index (Phi) is 4.02. The van der Waals surface area contributed by atoms with Crippen LogP contribution in [0.3, 0.4) is 0 Å². The van der Waals surface area contributed by atoms with Crippen LogP contribution in [0, 0.1) is 5.92 Å². The van der Waals surface area contributed by atoms with Crippen LogP contribution < -0.4 is 15.4 Å². The lowest BCUT2D eigenvalue weighted by atomic mass is 10.0. The quantitative estimate of drug-likeness (QED) is 0.881. The molecule has 1 amide bonds. The predicted octanol–water partition coefficient (Wildman–Crippen LogP) is 1.29. The van der Waals surface area contributed by atoms with Crippen LogP contribution in [0.15, 0.2) is 22.7 Å². The van der Waals surface area contributed by atoms with Crippen molar-refractivity contribution in [2.45, 2.75) is 6.54 Å². The fourth-order valence-corrected chi connectivity index (χ4v) is 2.09. The van der Waals surface area contributed by atoms with Crippen molar-refractivity contribution in [3.05, 3.63) is 28.2 Å². The second-order valence-electron chi connectivity index (χ2n) is 4.03. The molecule has 1 heterocycles. The Hall–Kier alpha value is -1.07. The molecule has 1 aliphatic rings. The molecule has 2 N–H and O–H groups in total. The molecule has 17 heavy (non-hydrogen) atoms. The molecule has 0 bridgehead atoms. The summed E-state index contributed by atoms with van der Waals surface area (Å²) in [6, 6.07) is 5.76. The average molecular weight is 299 g/mol. The number of ether oxygens (including phenoxy) is 1. The fraction of sp³-hybridized carbons (Fsp3) is 0.417. The van der Waals surface area contributed by atoms with Gasteiger partial charge in [0, 0.05) is 29.7 Å². The minimum atomic E-state index is 0.103. The number of rotatable bonds is 4. The molecule has 0 radical (unpaired) electrons. The van der Waals surface area contributed by atoms with Crippen molar-refractivity contribution in [1.29, 1.82) is 0 Å². The lowest BCUT2D eigenvalue weighted by molar-refractivity contribution is -0.126. The van der Waals surface area contributed by atoms with E-state index in [0.717, 1.165) is 28.9 Å². The largest absolute Gasteiger partial charge is 0.496 e. The van der Waals surface area contributed by atoms with E-state index in [1.807, 2.05) is 18.2 Å². The van der Waals surface area contributed by atoms with E-state index >= 15 is 0 Å². The molecular weight excluding hydrogens is 284 g/mol. The first-order valence-electron chi connectivity index (χ1n) is 5.51. The van der Waals surface area contributed by atoms with E-state index < -0.39 is 0 Å². The van der Waals surface area contributed by atoms with E-state index in [1.54, 1.807) is 7.11 Å². The maximum atomic E-state index is 11.7. The van der Waals surface area contributed by atoms with Gasteiger partial charge in [-0.15, -0.1) is 0 Å². The Morgan fingerprint density at radius 1 is 1.59 bits per heavy atom. The molecule has 1 fully saturated rings. The lowest BCUT2D eigenvalue weighted by Gasteiger charge is -2.25. The van der Waals surface area contributed by atoms with E-state index in [4.69, 9.17) is 4.74 Å². The highest BCUT2D eigenvalue weighted by atomic mass is 79.9. The van der Waals surface area contributed by atoms with Crippen molar-refractivity contribution >= 4 is 21.8 Å². The van der Waals surface area contributed by atoms with Gasteiger partial charge in [0.1, 0.15) is 5.75 Å². The molecule has 92 valence electrons. The van der Waals surface area contributed by atoms with Crippen LogP contribution in [0.2, 0.25) is 0 Å². The third-order valence-electron chi connectivity index (χ3n) is 2.85. The molecular formula is C12H15BrN2O2. The summed E-state index contributed by atoms with van der Waals surface area (Å²) < 4.78 is 6.23. The number of methoxy groups -OCH3 is 1.